The van der Waals surface area contributed by atoms with Crippen molar-refractivity contribution in [3.8, 4) is 0 Å². The second-order valence-corrected chi connectivity index (χ2v) is 6.02. The Morgan fingerprint density at radius 2 is 1.80 bits per heavy atom. The Kier molecular flexibility index (Phi) is 5.60. The van der Waals surface area contributed by atoms with E-state index in [0.29, 0.717) is 12.8 Å². The molecule has 114 valence electrons. The van der Waals surface area contributed by atoms with E-state index in [1.807, 2.05) is 20.8 Å². The van der Waals surface area contributed by atoms with Gasteiger partial charge in [-0.1, -0.05) is 0 Å². The lowest BCUT2D eigenvalue weighted by atomic mass is 9.77. The summed E-state index contributed by atoms with van der Waals surface area (Å²) in [5.74, 6) is -1.65. The van der Waals surface area contributed by atoms with Gasteiger partial charge in [0.2, 0.25) is 0 Å². The summed E-state index contributed by atoms with van der Waals surface area (Å²) in [6.07, 6.45) is 3.42. The standard InChI is InChI=1S/C15H24O5/c1-15(2,3)20-14(17)11-7-6-10(9-18-4)8-12(11)13(16)19-5/h9,11-12H,6-8H2,1-5H3/b10-9+/t11-,12-/m0/s1. The quantitative estimate of drug-likeness (QED) is 0.588. The number of methoxy groups -OCH3 is 2. The molecule has 0 aromatic carbocycles. The Bertz CT molecular complexity index is 392. The van der Waals surface area contributed by atoms with E-state index in [1.54, 1.807) is 13.4 Å². The number of esters is 2. The number of ether oxygens (including phenoxy) is 3. The average molecular weight is 284 g/mol. The molecule has 0 aromatic heterocycles. The maximum absolute atomic E-state index is 12.2. The highest BCUT2D eigenvalue weighted by Gasteiger charge is 2.40. The predicted octanol–water partition coefficient (Wildman–Crippen LogP) is 2.45. The van der Waals surface area contributed by atoms with Gasteiger partial charge >= 0.3 is 11.9 Å². The Balaban J connectivity index is 2.86. The Morgan fingerprint density at radius 3 is 2.30 bits per heavy atom. The van der Waals surface area contributed by atoms with Gasteiger partial charge < -0.3 is 14.2 Å². The van der Waals surface area contributed by atoms with Gasteiger partial charge in [0.15, 0.2) is 0 Å². The second-order valence-electron chi connectivity index (χ2n) is 6.02. The van der Waals surface area contributed by atoms with Gasteiger partial charge in [0, 0.05) is 0 Å². The van der Waals surface area contributed by atoms with Gasteiger partial charge in [0.25, 0.3) is 0 Å². The van der Waals surface area contributed by atoms with Crippen LogP contribution in [0.25, 0.3) is 0 Å². The largest absolute Gasteiger partial charge is 0.504 e. The molecule has 1 saturated carbocycles. The number of carbonyl (C=O) groups excluding carboxylic acids is 2. The van der Waals surface area contributed by atoms with Crippen LogP contribution in [0.5, 0.6) is 0 Å². The predicted molar refractivity (Wildman–Crippen MR) is 73.8 cm³/mol. The summed E-state index contributed by atoms with van der Waals surface area (Å²) in [4.78, 5) is 24.1. The Labute approximate surface area is 120 Å². The molecule has 0 saturated heterocycles. The lowest BCUT2D eigenvalue weighted by Crippen LogP contribution is -2.38. The zero-order valence-corrected chi connectivity index (χ0v) is 12.9. The van der Waals surface area contributed by atoms with Crippen LogP contribution in [-0.4, -0.2) is 31.8 Å². The lowest BCUT2D eigenvalue weighted by Gasteiger charge is -2.31. The summed E-state index contributed by atoms with van der Waals surface area (Å²) in [5.41, 5.74) is 0.461. The number of hydrogen-bond acceptors (Lipinski definition) is 5. The van der Waals surface area contributed by atoms with Crippen molar-refractivity contribution in [2.45, 2.75) is 45.6 Å². The maximum atomic E-state index is 12.2. The van der Waals surface area contributed by atoms with Gasteiger partial charge in [-0.05, 0) is 45.6 Å². The van der Waals surface area contributed by atoms with Crippen molar-refractivity contribution < 1.29 is 23.8 Å². The van der Waals surface area contributed by atoms with Crippen LogP contribution in [-0.2, 0) is 23.8 Å². The number of hydrogen-bond donors (Lipinski definition) is 0. The molecule has 0 amide bonds. The second kappa shape index (κ2) is 6.77. The summed E-state index contributed by atoms with van der Waals surface area (Å²) in [5, 5.41) is 0. The van der Waals surface area contributed by atoms with Gasteiger partial charge in [-0.2, -0.15) is 0 Å². The molecule has 5 heteroatoms. The Hall–Kier alpha value is -1.52. The van der Waals surface area contributed by atoms with Crippen LogP contribution in [0.4, 0.5) is 0 Å². The zero-order valence-electron chi connectivity index (χ0n) is 12.9. The van der Waals surface area contributed by atoms with Crippen LogP contribution >= 0.6 is 0 Å². The van der Waals surface area contributed by atoms with E-state index in [0.717, 1.165) is 12.0 Å². The SMILES string of the molecule is CO/C=C1\CC[C@H](C(=O)OC(C)(C)C)[C@@H](C(=O)OC)C1. The highest BCUT2D eigenvalue weighted by atomic mass is 16.6. The van der Waals surface area contributed by atoms with E-state index < -0.39 is 17.4 Å². The molecule has 1 rings (SSSR count). The van der Waals surface area contributed by atoms with Crippen LogP contribution < -0.4 is 0 Å². The molecule has 0 unspecified atom stereocenters. The van der Waals surface area contributed by atoms with Gasteiger partial charge in [-0.25, -0.2) is 0 Å². The third kappa shape index (κ3) is 4.54. The zero-order chi connectivity index (χ0) is 15.3. The topological polar surface area (TPSA) is 61.8 Å². The van der Waals surface area contributed by atoms with Crippen molar-refractivity contribution in [3.63, 3.8) is 0 Å². The highest BCUT2D eigenvalue weighted by molar-refractivity contribution is 5.83. The van der Waals surface area contributed by atoms with E-state index in [4.69, 9.17) is 14.2 Å². The van der Waals surface area contributed by atoms with E-state index in [-0.39, 0.29) is 11.9 Å². The minimum Gasteiger partial charge on any atom is -0.504 e. The first-order chi connectivity index (χ1) is 9.28. The third-order valence-corrected chi connectivity index (χ3v) is 3.24. The van der Waals surface area contributed by atoms with Crippen LogP contribution in [0.3, 0.4) is 0 Å². The first kappa shape index (κ1) is 16.5. The molecular formula is C15H24O5. The molecule has 1 aliphatic carbocycles. The number of allylic oxidation sites excluding steroid dienone is 1. The van der Waals surface area contributed by atoms with Gasteiger partial charge in [0.05, 0.1) is 32.3 Å². The summed E-state index contributed by atoms with van der Waals surface area (Å²) < 4.78 is 15.2. The summed E-state index contributed by atoms with van der Waals surface area (Å²) >= 11 is 0. The van der Waals surface area contributed by atoms with Crippen LogP contribution in [0.2, 0.25) is 0 Å². The molecule has 0 aromatic rings. The fourth-order valence-corrected chi connectivity index (χ4v) is 2.40. The van der Waals surface area contributed by atoms with Gasteiger partial charge in [-0.3, -0.25) is 9.59 Å². The van der Waals surface area contributed by atoms with Crippen molar-refractivity contribution in [1.29, 1.82) is 0 Å². The normalized spacial score (nSPS) is 25.1. The van der Waals surface area contributed by atoms with Crippen molar-refractivity contribution in [2.24, 2.45) is 11.8 Å². The third-order valence-electron chi connectivity index (χ3n) is 3.24. The summed E-state index contributed by atoms with van der Waals surface area (Å²) in [6, 6.07) is 0. The minimum absolute atomic E-state index is 0.329. The lowest BCUT2D eigenvalue weighted by molar-refractivity contribution is -0.168. The summed E-state index contributed by atoms with van der Waals surface area (Å²) in [7, 11) is 2.91. The van der Waals surface area contributed by atoms with Crippen molar-refractivity contribution >= 4 is 11.9 Å². The van der Waals surface area contributed by atoms with Crippen molar-refractivity contribution in [1.82, 2.24) is 0 Å². The molecular weight excluding hydrogens is 260 g/mol. The highest BCUT2D eigenvalue weighted by Crippen LogP contribution is 2.36. The monoisotopic (exact) mass is 284 g/mol. The smallest absolute Gasteiger partial charge is 0.310 e. The molecule has 2 atom stereocenters. The van der Waals surface area contributed by atoms with Crippen molar-refractivity contribution in [2.75, 3.05) is 14.2 Å². The molecule has 0 spiro atoms. The van der Waals surface area contributed by atoms with Gasteiger partial charge in [0.1, 0.15) is 5.60 Å². The fourth-order valence-electron chi connectivity index (χ4n) is 2.40. The average Bonchev–Trinajstić information content (AvgIpc) is 2.36. The summed E-state index contributed by atoms with van der Waals surface area (Å²) in [6.45, 7) is 5.45. The van der Waals surface area contributed by atoms with Crippen LogP contribution in [0, 0.1) is 11.8 Å². The Morgan fingerprint density at radius 1 is 1.15 bits per heavy atom. The molecule has 1 fully saturated rings. The molecule has 0 radical (unpaired) electrons. The van der Waals surface area contributed by atoms with E-state index in [9.17, 15) is 9.59 Å². The van der Waals surface area contributed by atoms with E-state index in [2.05, 4.69) is 0 Å². The molecule has 1 aliphatic rings. The number of rotatable bonds is 3. The first-order valence-electron chi connectivity index (χ1n) is 6.80. The molecule has 0 aliphatic heterocycles. The maximum Gasteiger partial charge on any atom is 0.310 e. The van der Waals surface area contributed by atoms with E-state index >= 15 is 0 Å². The molecule has 0 bridgehead atoms. The molecule has 20 heavy (non-hydrogen) atoms. The molecule has 5 nitrogen and oxygen atoms in total. The van der Waals surface area contributed by atoms with E-state index in [1.165, 1.54) is 7.11 Å². The molecule has 0 heterocycles. The van der Waals surface area contributed by atoms with Crippen LogP contribution in [0.15, 0.2) is 11.8 Å². The van der Waals surface area contributed by atoms with Gasteiger partial charge in [-0.15, -0.1) is 0 Å². The number of carbonyl (C=O) groups is 2. The van der Waals surface area contributed by atoms with Crippen molar-refractivity contribution in [3.05, 3.63) is 11.8 Å². The first-order valence-corrected chi connectivity index (χ1v) is 6.80. The fraction of sp³-hybridized carbons (Fsp3) is 0.733. The van der Waals surface area contributed by atoms with Crippen LogP contribution in [0.1, 0.15) is 40.0 Å². The molecule has 0 N–H and O–H groups in total. The minimum atomic E-state index is -0.555.